The molecule has 1 N–H and O–H groups in total. The number of ketones is 1. The lowest BCUT2D eigenvalue weighted by molar-refractivity contribution is -0.137. The summed E-state index contributed by atoms with van der Waals surface area (Å²) in [4.78, 5) is 12.7. The highest BCUT2D eigenvalue weighted by Gasteiger charge is 2.44. The number of hydrogen-bond acceptors (Lipinski definition) is 3. The van der Waals surface area contributed by atoms with Crippen LogP contribution in [0.1, 0.15) is 30.9 Å². The Bertz CT molecular complexity index is 651. The minimum atomic E-state index is -4.46. The number of rotatable bonds is 1. The van der Waals surface area contributed by atoms with Crippen LogP contribution in [0.2, 0.25) is 0 Å². The number of aliphatic hydroxyl groups excluding tert-OH is 1. The maximum atomic E-state index is 12.8. The third-order valence-corrected chi connectivity index (χ3v) is 4.74. The first-order chi connectivity index (χ1) is 10.8. The summed E-state index contributed by atoms with van der Waals surface area (Å²) in [6.45, 7) is 1.82. The van der Waals surface area contributed by atoms with Crippen molar-refractivity contribution in [1.29, 1.82) is 0 Å². The molecule has 23 heavy (non-hydrogen) atoms. The molecule has 1 fully saturated rings. The lowest BCUT2D eigenvalue weighted by atomic mass is 9.73. The summed E-state index contributed by atoms with van der Waals surface area (Å²) in [5.41, 5.74) is -0.416. The summed E-state index contributed by atoms with van der Waals surface area (Å²) in [5, 5.41) is 9.87. The van der Waals surface area contributed by atoms with Crippen molar-refractivity contribution in [3.05, 3.63) is 41.7 Å². The Labute approximate surface area is 131 Å². The van der Waals surface area contributed by atoms with Gasteiger partial charge in [0.2, 0.25) is 0 Å². The van der Waals surface area contributed by atoms with Gasteiger partial charge in [0.15, 0.2) is 5.78 Å². The number of benzene rings is 1. The summed E-state index contributed by atoms with van der Waals surface area (Å²) < 4.78 is 44.1. The molecule has 0 aromatic heterocycles. The van der Waals surface area contributed by atoms with Crippen molar-refractivity contribution in [3.63, 3.8) is 0 Å². The number of fused-ring (bicyclic) bond motifs is 1. The lowest BCUT2D eigenvalue weighted by Gasteiger charge is -2.40. The predicted molar refractivity (Wildman–Crippen MR) is 77.2 cm³/mol. The fourth-order valence-electron chi connectivity index (χ4n) is 3.34. The SMILES string of the molecule is CC1C(O)CCC2C(=O)C(c3cccc(C(F)(F)F)c3)=COC21. The molecule has 124 valence electrons. The van der Waals surface area contributed by atoms with Crippen LogP contribution in [0.25, 0.3) is 5.57 Å². The zero-order chi connectivity index (χ0) is 16.8. The van der Waals surface area contributed by atoms with Crippen molar-refractivity contribution < 1.29 is 27.8 Å². The standard InChI is InChI=1S/C17H17F3O3/c1-9-14(21)6-5-12-15(22)13(8-23-16(9)12)10-3-2-4-11(7-10)17(18,19)20/h2-4,7-9,12,14,16,21H,5-6H2,1H3. The highest BCUT2D eigenvalue weighted by Crippen LogP contribution is 2.40. The lowest BCUT2D eigenvalue weighted by Crippen LogP contribution is -2.46. The minimum Gasteiger partial charge on any atom is -0.496 e. The number of carbonyl (C=O) groups excluding carboxylic acids is 1. The normalized spacial score (nSPS) is 31.2. The average molecular weight is 326 g/mol. The van der Waals surface area contributed by atoms with Crippen molar-refractivity contribution >= 4 is 11.4 Å². The second-order valence-electron chi connectivity index (χ2n) is 6.19. The zero-order valence-corrected chi connectivity index (χ0v) is 12.5. The highest BCUT2D eigenvalue weighted by atomic mass is 19.4. The maximum absolute atomic E-state index is 12.8. The van der Waals surface area contributed by atoms with E-state index in [9.17, 15) is 23.1 Å². The van der Waals surface area contributed by atoms with E-state index in [1.165, 1.54) is 18.4 Å². The maximum Gasteiger partial charge on any atom is 0.416 e. The van der Waals surface area contributed by atoms with Crippen molar-refractivity contribution in [2.75, 3.05) is 0 Å². The summed E-state index contributed by atoms with van der Waals surface area (Å²) >= 11 is 0. The van der Waals surface area contributed by atoms with Gasteiger partial charge in [0, 0.05) is 5.92 Å². The Morgan fingerprint density at radius 1 is 1.26 bits per heavy atom. The molecule has 4 unspecified atom stereocenters. The molecular formula is C17H17F3O3. The second-order valence-corrected chi connectivity index (χ2v) is 6.19. The third kappa shape index (κ3) is 2.87. The zero-order valence-electron chi connectivity index (χ0n) is 12.5. The monoisotopic (exact) mass is 326 g/mol. The molecule has 0 saturated heterocycles. The number of Topliss-reactive ketones (excluding diaryl/α,β-unsaturated/α-hetero) is 1. The van der Waals surface area contributed by atoms with Gasteiger partial charge in [0.25, 0.3) is 0 Å². The summed E-state index contributed by atoms with van der Waals surface area (Å²) in [6.07, 6.45) is -3.18. The van der Waals surface area contributed by atoms with Gasteiger partial charge in [-0.2, -0.15) is 13.2 Å². The first kappa shape index (κ1) is 16.1. The molecule has 3 nitrogen and oxygen atoms in total. The third-order valence-electron chi connectivity index (χ3n) is 4.74. The molecule has 0 bridgehead atoms. The van der Waals surface area contributed by atoms with Crippen molar-refractivity contribution in [2.24, 2.45) is 11.8 Å². The molecule has 0 radical (unpaired) electrons. The molecule has 0 spiro atoms. The van der Waals surface area contributed by atoms with Gasteiger partial charge in [0.1, 0.15) is 6.10 Å². The van der Waals surface area contributed by atoms with E-state index in [1.54, 1.807) is 0 Å². The highest BCUT2D eigenvalue weighted by molar-refractivity contribution is 6.22. The molecule has 1 aliphatic carbocycles. The quantitative estimate of drug-likeness (QED) is 0.860. The summed E-state index contributed by atoms with van der Waals surface area (Å²) in [5.74, 6) is -0.806. The molecule has 6 heteroatoms. The summed E-state index contributed by atoms with van der Waals surface area (Å²) in [6, 6.07) is 4.70. The smallest absolute Gasteiger partial charge is 0.416 e. The van der Waals surface area contributed by atoms with Crippen molar-refractivity contribution in [3.8, 4) is 0 Å². The van der Waals surface area contributed by atoms with Gasteiger partial charge < -0.3 is 9.84 Å². The fraction of sp³-hybridized carbons (Fsp3) is 0.471. The van der Waals surface area contributed by atoms with Crippen molar-refractivity contribution in [2.45, 2.75) is 38.1 Å². The Hall–Kier alpha value is -1.82. The van der Waals surface area contributed by atoms with Crippen LogP contribution in [-0.2, 0) is 15.7 Å². The number of hydrogen-bond donors (Lipinski definition) is 1. The summed E-state index contributed by atoms with van der Waals surface area (Å²) in [7, 11) is 0. The molecule has 4 atom stereocenters. The van der Waals surface area contributed by atoms with E-state index in [-0.39, 0.29) is 22.8 Å². The largest absolute Gasteiger partial charge is 0.496 e. The Kier molecular flexibility index (Phi) is 3.96. The van der Waals surface area contributed by atoms with Crippen LogP contribution in [0, 0.1) is 11.8 Å². The molecular weight excluding hydrogens is 309 g/mol. The van der Waals surface area contributed by atoms with E-state index < -0.39 is 29.9 Å². The van der Waals surface area contributed by atoms with Gasteiger partial charge in [0.05, 0.1) is 29.4 Å². The van der Waals surface area contributed by atoms with Crippen LogP contribution in [0.3, 0.4) is 0 Å². The number of alkyl halides is 3. The molecule has 1 aliphatic heterocycles. The number of allylic oxidation sites excluding steroid dienone is 1. The number of ether oxygens (including phenoxy) is 1. The topological polar surface area (TPSA) is 46.5 Å². The van der Waals surface area contributed by atoms with E-state index in [4.69, 9.17) is 4.74 Å². The Balaban J connectivity index is 1.93. The predicted octanol–water partition coefficient (Wildman–Crippen LogP) is 3.42. The number of carbonyl (C=O) groups is 1. The molecule has 0 amide bonds. The van der Waals surface area contributed by atoms with Crippen molar-refractivity contribution in [1.82, 2.24) is 0 Å². The Morgan fingerprint density at radius 3 is 2.70 bits per heavy atom. The van der Waals surface area contributed by atoms with Gasteiger partial charge in [-0.3, -0.25) is 4.79 Å². The van der Waals surface area contributed by atoms with Crippen LogP contribution >= 0.6 is 0 Å². The number of halogens is 3. The molecule has 1 aromatic carbocycles. The van der Waals surface area contributed by atoms with E-state index in [2.05, 4.69) is 0 Å². The molecule has 2 aliphatic rings. The van der Waals surface area contributed by atoms with Gasteiger partial charge in [-0.15, -0.1) is 0 Å². The first-order valence-corrected chi connectivity index (χ1v) is 7.54. The van der Waals surface area contributed by atoms with E-state index in [1.807, 2.05) is 6.92 Å². The fourth-order valence-corrected chi connectivity index (χ4v) is 3.34. The second kappa shape index (κ2) is 5.67. The molecule has 1 heterocycles. The van der Waals surface area contributed by atoms with Crippen LogP contribution in [0.5, 0.6) is 0 Å². The van der Waals surface area contributed by atoms with Gasteiger partial charge in [-0.05, 0) is 30.5 Å². The van der Waals surface area contributed by atoms with E-state index >= 15 is 0 Å². The van der Waals surface area contributed by atoms with E-state index in [0.29, 0.717) is 12.8 Å². The number of aliphatic hydroxyl groups is 1. The Morgan fingerprint density at radius 2 is 2.00 bits per heavy atom. The molecule has 1 saturated carbocycles. The molecule has 1 aromatic rings. The van der Waals surface area contributed by atoms with Gasteiger partial charge in [-0.1, -0.05) is 19.1 Å². The van der Waals surface area contributed by atoms with Gasteiger partial charge >= 0.3 is 6.18 Å². The molecule has 3 rings (SSSR count). The first-order valence-electron chi connectivity index (χ1n) is 7.54. The van der Waals surface area contributed by atoms with Gasteiger partial charge in [-0.25, -0.2) is 0 Å². The average Bonchev–Trinajstić information content (AvgIpc) is 2.51. The van der Waals surface area contributed by atoms with E-state index in [0.717, 1.165) is 12.1 Å². The van der Waals surface area contributed by atoms with Crippen LogP contribution in [0.15, 0.2) is 30.5 Å². The minimum absolute atomic E-state index is 0.168. The van der Waals surface area contributed by atoms with Crippen LogP contribution < -0.4 is 0 Å². The van der Waals surface area contributed by atoms with Crippen LogP contribution in [-0.4, -0.2) is 23.1 Å². The van der Waals surface area contributed by atoms with Crippen LogP contribution in [0.4, 0.5) is 13.2 Å².